The minimum absolute atomic E-state index is 0.227. The van der Waals surface area contributed by atoms with E-state index >= 15 is 0 Å². The number of benzene rings is 2. The average molecular weight is 306 g/mol. The van der Waals surface area contributed by atoms with Crippen LogP contribution in [0.3, 0.4) is 0 Å². The number of rotatable bonds is 5. The molecule has 0 aliphatic rings. The molecule has 3 heteroatoms. The Bertz CT molecular complexity index is 604. The zero-order valence-electron chi connectivity index (χ0n) is 12.7. The minimum atomic E-state index is -0.351. The number of hydrogen-bond donors (Lipinski definition) is 1. The van der Waals surface area contributed by atoms with Crippen molar-refractivity contribution < 1.29 is 4.39 Å². The fraction of sp³-hybridized carbons (Fsp3) is 0.333. The van der Waals surface area contributed by atoms with Crippen LogP contribution in [0.1, 0.15) is 22.3 Å². The average Bonchev–Trinajstić information content (AvgIpc) is 2.42. The van der Waals surface area contributed by atoms with Gasteiger partial charge in [0, 0.05) is 6.04 Å². The van der Waals surface area contributed by atoms with Gasteiger partial charge in [0.15, 0.2) is 0 Å². The molecule has 0 heterocycles. The summed E-state index contributed by atoms with van der Waals surface area (Å²) < 4.78 is 13.5. The van der Waals surface area contributed by atoms with E-state index in [0.29, 0.717) is 6.42 Å². The summed E-state index contributed by atoms with van der Waals surface area (Å²) in [6.45, 7) is 4.21. The first-order valence-electron chi connectivity index (χ1n) is 7.17. The Morgan fingerprint density at radius 3 is 2.38 bits per heavy atom. The zero-order valence-corrected chi connectivity index (χ0v) is 13.5. The Hall–Kier alpha value is -1.38. The molecule has 0 spiro atoms. The van der Waals surface area contributed by atoms with E-state index in [4.69, 9.17) is 11.6 Å². The molecule has 2 rings (SSSR count). The van der Waals surface area contributed by atoms with E-state index in [1.807, 2.05) is 13.1 Å². The molecular formula is C18H21ClFN. The largest absolute Gasteiger partial charge is 0.316 e. The van der Waals surface area contributed by atoms with Crippen molar-refractivity contribution in [1.29, 1.82) is 0 Å². The van der Waals surface area contributed by atoms with Crippen LogP contribution in [0.2, 0.25) is 5.02 Å². The van der Waals surface area contributed by atoms with Crippen molar-refractivity contribution in [2.24, 2.45) is 0 Å². The van der Waals surface area contributed by atoms with Crippen LogP contribution in [0.5, 0.6) is 0 Å². The second-order valence-electron chi connectivity index (χ2n) is 5.60. The number of likely N-dealkylation sites (N-methyl/N-ethyl adjacent to an activating group) is 1. The van der Waals surface area contributed by atoms with Crippen LogP contribution in [0.15, 0.2) is 36.4 Å². The Kier molecular flexibility index (Phi) is 5.38. The fourth-order valence-corrected chi connectivity index (χ4v) is 2.92. The van der Waals surface area contributed by atoms with Gasteiger partial charge in [-0.3, -0.25) is 0 Å². The topological polar surface area (TPSA) is 12.0 Å². The van der Waals surface area contributed by atoms with E-state index in [1.165, 1.54) is 22.8 Å². The van der Waals surface area contributed by atoms with Gasteiger partial charge in [-0.15, -0.1) is 0 Å². The van der Waals surface area contributed by atoms with Gasteiger partial charge in [-0.1, -0.05) is 53.1 Å². The SMILES string of the molecule is CNC(Cc1cc(C)cc(C)c1)Cc1cccc(F)c1Cl. The molecule has 0 radical (unpaired) electrons. The Balaban J connectivity index is 2.15. The van der Waals surface area contributed by atoms with Crippen molar-refractivity contribution in [3.05, 3.63) is 69.5 Å². The highest BCUT2D eigenvalue weighted by Gasteiger charge is 2.13. The molecule has 0 aliphatic carbocycles. The van der Waals surface area contributed by atoms with Gasteiger partial charge >= 0.3 is 0 Å². The van der Waals surface area contributed by atoms with Crippen molar-refractivity contribution in [3.8, 4) is 0 Å². The van der Waals surface area contributed by atoms with E-state index in [1.54, 1.807) is 6.07 Å². The van der Waals surface area contributed by atoms with Crippen LogP contribution in [0, 0.1) is 19.7 Å². The van der Waals surface area contributed by atoms with Gasteiger partial charge < -0.3 is 5.32 Å². The molecule has 1 nitrogen and oxygen atoms in total. The molecule has 0 bridgehead atoms. The molecule has 2 aromatic rings. The molecule has 0 amide bonds. The summed E-state index contributed by atoms with van der Waals surface area (Å²) >= 11 is 6.04. The van der Waals surface area contributed by atoms with Crippen molar-refractivity contribution in [2.45, 2.75) is 32.7 Å². The van der Waals surface area contributed by atoms with Gasteiger partial charge in [0.05, 0.1) is 5.02 Å². The van der Waals surface area contributed by atoms with E-state index in [0.717, 1.165) is 12.0 Å². The Morgan fingerprint density at radius 1 is 1.10 bits per heavy atom. The van der Waals surface area contributed by atoms with Gasteiger partial charge in [-0.25, -0.2) is 4.39 Å². The maximum absolute atomic E-state index is 13.5. The number of aryl methyl sites for hydroxylation is 2. The summed E-state index contributed by atoms with van der Waals surface area (Å²) in [5.74, 6) is -0.351. The van der Waals surface area contributed by atoms with Gasteiger partial charge in [0.25, 0.3) is 0 Å². The molecular weight excluding hydrogens is 285 g/mol. The summed E-state index contributed by atoms with van der Waals surface area (Å²) in [4.78, 5) is 0. The van der Waals surface area contributed by atoms with Crippen LogP contribution >= 0.6 is 11.6 Å². The second-order valence-corrected chi connectivity index (χ2v) is 5.98. The third kappa shape index (κ3) is 4.29. The van der Waals surface area contributed by atoms with Crippen LogP contribution < -0.4 is 5.32 Å². The second kappa shape index (κ2) is 7.06. The zero-order chi connectivity index (χ0) is 15.4. The normalized spacial score (nSPS) is 12.4. The minimum Gasteiger partial charge on any atom is -0.316 e. The van der Waals surface area contributed by atoms with Crippen molar-refractivity contribution in [2.75, 3.05) is 7.05 Å². The summed E-state index contributed by atoms with van der Waals surface area (Å²) in [7, 11) is 1.93. The lowest BCUT2D eigenvalue weighted by Crippen LogP contribution is -2.30. The van der Waals surface area contributed by atoms with Crippen molar-refractivity contribution in [1.82, 2.24) is 5.32 Å². The van der Waals surface area contributed by atoms with Gasteiger partial charge in [-0.2, -0.15) is 0 Å². The summed E-state index contributed by atoms with van der Waals surface area (Å²) in [5.41, 5.74) is 4.67. The molecule has 1 unspecified atom stereocenters. The van der Waals surface area contributed by atoms with E-state index in [2.05, 4.69) is 37.4 Å². The molecule has 1 N–H and O–H groups in total. The number of halogens is 2. The first-order chi connectivity index (χ1) is 9.99. The Morgan fingerprint density at radius 2 is 1.76 bits per heavy atom. The highest BCUT2D eigenvalue weighted by atomic mass is 35.5. The van der Waals surface area contributed by atoms with Crippen LogP contribution in [0.4, 0.5) is 4.39 Å². The smallest absolute Gasteiger partial charge is 0.142 e. The highest BCUT2D eigenvalue weighted by molar-refractivity contribution is 6.31. The van der Waals surface area contributed by atoms with Crippen molar-refractivity contribution >= 4 is 11.6 Å². The lowest BCUT2D eigenvalue weighted by atomic mass is 9.97. The van der Waals surface area contributed by atoms with Gasteiger partial charge in [0.2, 0.25) is 0 Å². The highest BCUT2D eigenvalue weighted by Crippen LogP contribution is 2.22. The molecule has 0 aromatic heterocycles. The molecule has 0 saturated heterocycles. The van der Waals surface area contributed by atoms with Crippen LogP contribution in [0.25, 0.3) is 0 Å². The first kappa shape index (κ1) is 16.0. The summed E-state index contributed by atoms with van der Waals surface area (Å²) in [5, 5.41) is 3.54. The Labute approximate surface area is 131 Å². The molecule has 0 aliphatic heterocycles. The number of hydrogen-bond acceptors (Lipinski definition) is 1. The van der Waals surface area contributed by atoms with Crippen LogP contribution in [-0.2, 0) is 12.8 Å². The standard InChI is InChI=1S/C18H21ClFN/c1-12-7-13(2)9-14(8-12)10-16(21-3)11-15-5-4-6-17(20)18(15)19/h4-9,16,21H,10-11H2,1-3H3. The summed E-state index contributed by atoms with van der Waals surface area (Å²) in [6, 6.07) is 11.8. The lowest BCUT2D eigenvalue weighted by molar-refractivity contribution is 0.553. The van der Waals surface area contributed by atoms with E-state index in [-0.39, 0.29) is 16.9 Å². The van der Waals surface area contributed by atoms with E-state index in [9.17, 15) is 4.39 Å². The monoisotopic (exact) mass is 305 g/mol. The molecule has 0 saturated carbocycles. The van der Waals surface area contributed by atoms with Crippen molar-refractivity contribution in [3.63, 3.8) is 0 Å². The molecule has 2 aromatic carbocycles. The maximum Gasteiger partial charge on any atom is 0.142 e. The fourth-order valence-electron chi connectivity index (χ4n) is 2.72. The third-order valence-electron chi connectivity index (χ3n) is 3.67. The predicted octanol–water partition coefficient (Wildman–Crippen LogP) is 4.47. The van der Waals surface area contributed by atoms with Gasteiger partial charge in [-0.05, 0) is 50.9 Å². The molecule has 0 fully saturated rings. The maximum atomic E-state index is 13.5. The quantitative estimate of drug-likeness (QED) is 0.859. The number of nitrogens with one attached hydrogen (secondary N) is 1. The summed E-state index contributed by atoms with van der Waals surface area (Å²) in [6.07, 6.45) is 1.60. The molecule has 1 atom stereocenters. The predicted molar refractivity (Wildman–Crippen MR) is 87.6 cm³/mol. The third-order valence-corrected chi connectivity index (χ3v) is 4.09. The van der Waals surface area contributed by atoms with Gasteiger partial charge in [0.1, 0.15) is 5.82 Å². The molecule has 112 valence electrons. The molecule has 21 heavy (non-hydrogen) atoms. The first-order valence-corrected chi connectivity index (χ1v) is 7.54. The van der Waals surface area contributed by atoms with Crippen LogP contribution in [-0.4, -0.2) is 13.1 Å². The lowest BCUT2D eigenvalue weighted by Gasteiger charge is -2.18. The van der Waals surface area contributed by atoms with E-state index < -0.39 is 0 Å².